The Balaban J connectivity index is 1.41. The molecule has 8 heteroatoms. The molecule has 8 nitrogen and oxygen atoms in total. The third-order valence-electron chi connectivity index (χ3n) is 5.30. The molecule has 0 saturated carbocycles. The number of nitrogens with one attached hydrogen (secondary N) is 1. The second-order valence-corrected chi connectivity index (χ2v) is 7.23. The summed E-state index contributed by atoms with van der Waals surface area (Å²) in [5, 5.41) is 2.68. The van der Waals surface area contributed by atoms with E-state index in [2.05, 4.69) is 20.1 Å². The minimum absolute atomic E-state index is 0.170. The van der Waals surface area contributed by atoms with Crippen LogP contribution in [-0.2, 0) is 14.4 Å². The second kappa shape index (κ2) is 8.00. The van der Waals surface area contributed by atoms with E-state index in [4.69, 9.17) is 0 Å². The van der Waals surface area contributed by atoms with Gasteiger partial charge in [-0.15, -0.1) is 0 Å². The van der Waals surface area contributed by atoms with Crippen LogP contribution >= 0.6 is 0 Å². The van der Waals surface area contributed by atoms with Crippen molar-refractivity contribution < 1.29 is 14.4 Å². The topological polar surface area (TPSA) is 85.8 Å². The number of imide groups is 1. The Morgan fingerprint density at radius 1 is 1.03 bits per heavy atom. The fraction of sp³-hybridized carbons (Fsp3) is 0.333. The first kappa shape index (κ1) is 19.1. The van der Waals surface area contributed by atoms with Gasteiger partial charge in [0.25, 0.3) is 5.91 Å². The number of aromatic nitrogens is 1. The summed E-state index contributed by atoms with van der Waals surface area (Å²) < 4.78 is 0. The highest BCUT2D eigenvalue weighted by Crippen LogP contribution is 2.27. The first-order chi connectivity index (χ1) is 14.0. The normalized spacial score (nSPS) is 20.2. The van der Waals surface area contributed by atoms with Gasteiger partial charge >= 0.3 is 0 Å². The van der Waals surface area contributed by atoms with E-state index in [-0.39, 0.29) is 24.1 Å². The first-order valence-electron chi connectivity index (χ1n) is 9.67. The maximum atomic E-state index is 13.0. The van der Waals surface area contributed by atoms with E-state index in [1.54, 1.807) is 30.5 Å². The van der Waals surface area contributed by atoms with Crippen LogP contribution in [0, 0.1) is 0 Å². The smallest absolute Gasteiger partial charge is 0.251 e. The summed E-state index contributed by atoms with van der Waals surface area (Å²) in [6.07, 6.45) is 1.96. The first-order valence-corrected chi connectivity index (χ1v) is 9.67. The van der Waals surface area contributed by atoms with Crippen molar-refractivity contribution >= 4 is 34.9 Å². The molecule has 2 aliphatic heterocycles. The zero-order valence-electron chi connectivity index (χ0n) is 16.2. The van der Waals surface area contributed by atoms with E-state index in [9.17, 15) is 14.4 Å². The third-order valence-corrected chi connectivity index (χ3v) is 5.30. The number of amides is 3. The summed E-state index contributed by atoms with van der Waals surface area (Å²) in [5.41, 5.74) is 1.16. The largest absolute Gasteiger partial charge is 0.354 e. The number of hydrogen-bond acceptors (Lipinski definition) is 6. The molecule has 0 bridgehead atoms. The maximum absolute atomic E-state index is 13.0. The molecule has 2 aliphatic rings. The lowest BCUT2D eigenvalue weighted by Gasteiger charge is -2.37. The molecule has 1 aromatic heterocycles. The van der Waals surface area contributed by atoms with E-state index < -0.39 is 6.04 Å². The Morgan fingerprint density at radius 3 is 2.38 bits per heavy atom. The molecule has 2 saturated heterocycles. The number of anilines is 3. The summed E-state index contributed by atoms with van der Waals surface area (Å²) in [6, 6.07) is 12.1. The molecule has 0 radical (unpaired) electrons. The molecule has 29 heavy (non-hydrogen) atoms. The number of piperazine rings is 1. The van der Waals surface area contributed by atoms with Crippen LogP contribution in [0.5, 0.6) is 0 Å². The Bertz CT molecular complexity index is 908. The van der Waals surface area contributed by atoms with E-state index in [0.717, 1.165) is 18.9 Å². The molecule has 2 aromatic rings. The lowest BCUT2D eigenvalue weighted by Crippen LogP contribution is -2.52. The molecule has 2 fully saturated rings. The summed E-state index contributed by atoms with van der Waals surface area (Å²) in [7, 11) is 0. The number of nitrogens with zero attached hydrogens (tertiary/aromatic N) is 4. The van der Waals surface area contributed by atoms with Crippen LogP contribution in [0.1, 0.15) is 13.3 Å². The van der Waals surface area contributed by atoms with E-state index in [1.807, 2.05) is 18.2 Å². The standard InChI is InChI=1S/C21H23N5O3/c1-15(27)23-16-5-7-17(8-6-16)26-20(28)14-18(21(26)29)24-10-12-25(13-11-24)19-4-2-3-9-22-19/h2-9,18H,10-14H2,1H3,(H,23,27)/t18-/m1/s1. The highest BCUT2D eigenvalue weighted by atomic mass is 16.2. The minimum Gasteiger partial charge on any atom is -0.354 e. The summed E-state index contributed by atoms with van der Waals surface area (Å²) in [4.78, 5) is 46.6. The minimum atomic E-state index is -0.427. The van der Waals surface area contributed by atoms with E-state index >= 15 is 0 Å². The van der Waals surface area contributed by atoms with Crippen LogP contribution in [0.3, 0.4) is 0 Å². The van der Waals surface area contributed by atoms with Gasteiger partial charge < -0.3 is 10.2 Å². The lowest BCUT2D eigenvalue weighted by atomic mass is 10.1. The SMILES string of the molecule is CC(=O)Nc1ccc(N2C(=O)C[C@@H](N3CCN(c4ccccn4)CC3)C2=O)cc1. The Kier molecular flexibility index (Phi) is 5.26. The summed E-state index contributed by atoms with van der Waals surface area (Å²) in [5.74, 6) is 0.380. The van der Waals surface area contributed by atoms with Crippen molar-refractivity contribution in [3.8, 4) is 0 Å². The van der Waals surface area contributed by atoms with Crippen molar-refractivity contribution in [3.05, 3.63) is 48.7 Å². The highest BCUT2D eigenvalue weighted by molar-refractivity contribution is 6.22. The van der Waals surface area contributed by atoms with Crippen LogP contribution < -0.4 is 15.1 Å². The molecule has 0 unspecified atom stereocenters. The van der Waals surface area contributed by atoms with Gasteiger partial charge in [-0.05, 0) is 36.4 Å². The van der Waals surface area contributed by atoms with Gasteiger partial charge in [0.15, 0.2) is 0 Å². The van der Waals surface area contributed by atoms with Gasteiger partial charge in [0.2, 0.25) is 11.8 Å². The van der Waals surface area contributed by atoms with Gasteiger partial charge in [-0.3, -0.25) is 19.3 Å². The quantitative estimate of drug-likeness (QED) is 0.793. The molecule has 150 valence electrons. The predicted molar refractivity (Wildman–Crippen MR) is 110 cm³/mol. The molecule has 4 rings (SSSR count). The van der Waals surface area contributed by atoms with Gasteiger partial charge in [-0.1, -0.05) is 6.07 Å². The van der Waals surface area contributed by atoms with Crippen LogP contribution in [0.25, 0.3) is 0 Å². The average Bonchev–Trinajstić information content (AvgIpc) is 3.03. The van der Waals surface area contributed by atoms with Crippen molar-refractivity contribution in [2.45, 2.75) is 19.4 Å². The molecular weight excluding hydrogens is 370 g/mol. The van der Waals surface area contributed by atoms with Crippen molar-refractivity contribution in [2.75, 3.05) is 41.3 Å². The van der Waals surface area contributed by atoms with Crippen LogP contribution in [0.2, 0.25) is 0 Å². The number of carbonyl (C=O) groups is 3. The average molecular weight is 393 g/mol. The number of benzene rings is 1. The van der Waals surface area contributed by atoms with Gasteiger partial charge in [0.1, 0.15) is 5.82 Å². The molecule has 3 heterocycles. The van der Waals surface area contributed by atoms with Crippen LogP contribution in [-0.4, -0.2) is 59.8 Å². The second-order valence-electron chi connectivity index (χ2n) is 7.23. The zero-order chi connectivity index (χ0) is 20.4. The van der Waals surface area contributed by atoms with Crippen LogP contribution in [0.4, 0.5) is 17.2 Å². The predicted octanol–water partition coefficient (Wildman–Crippen LogP) is 1.49. The molecule has 1 aromatic carbocycles. The Hall–Kier alpha value is -3.26. The Labute approximate surface area is 169 Å². The fourth-order valence-corrected chi connectivity index (χ4v) is 3.87. The van der Waals surface area contributed by atoms with E-state index in [1.165, 1.54) is 11.8 Å². The van der Waals surface area contributed by atoms with Crippen molar-refractivity contribution in [2.24, 2.45) is 0 Å². The zero-order valence-corrected chi connectivity index (χ0v) is 16.2. The van der Waals surface area contributed by atoms with Gasteiger partial charge in [-0.2, -0.15) is 0 Å². The Morgan fingerprint density at radius 2 is 1.76 bits per heavy atom. The molecule has 0 spiro atoms. The van der Waals surface area contributed by atoms with Crippen molar-refractivity contribution in [1.82, 2.24) is 9.88 Å². The third kappa shape index (κ3) is 3.97. The lowest BCUT2D eigenvalue weighted by molar-refractivity contribution is -0.123. The van der Waals surface area contributed by atoms with Gasteiger partial charge in [-0.25, -0.2) is 9.88 Å². The van der Waals surface area contributed by atoms with Crippen LogP contribution in [0.15, 0.2) is 48.7 Å². The molecule has 1 atom stereocenters. The molecule has 3 amide bonds. The monoisotopic (exact) mass is 393 g/mol. The van der Waals surface area contributed by atoms with E-state index in [0.29, 0.717) is 24.5 Å². The maximum Gasteiger partial charge on any atom is 0.251 e. The van der Waals surface area contributed by atoms with Gasteiger partial charge in [0, 0.05) is 45.0 Å². The van der Waals surface area contributed by atoms with Crippen molar-refractivity contribution in [3.63, 3.8) is 0 Å². The van der Waals surface area contributed by atoms with Crippen molar-refractivity contribution in [1.29, 1.82) is 0 Å². The molecule has 0 aliphatic carbocycles. The molecular formula is C21H23N5O3. The number of pyridine rings is 1. The molecule has 1 N–H and O–H groups in total. The number of rotatable bonds is 4. The number of hydrogen-bond donors (Lipinski definition) is 1. The summed E-state index contributed by atoms with van der Waals surface area (Å²) >= 11 is 0. The fourth-order valence-electron chi connectivity index (χ4n) is 3.87. The van der Waals surface area contributed by atoms with Gasteiger partial charge in [0.05, 0.1) is 18.2 Å². The number of carbonyl (C=O) groups excluding carboxylic acids is 3. The summed E-state index contributed by atoms with van der Waals surface area (Å²) in [6.45, 7) is 4.37. The highest BCUT2D eigenvalue weighted by Gasteiger charge is 2.43.